The number of nitrogens with zero attached hydrogens (tertiary/aromatic N) is 1. The average Bonchev–Trinajstić information content (AvgIpc) is 3.72. The molecular weight excluding hydrogens is 550 g/mol. The van der Waals surface area contributed by atoms with Crippen molar-refractivity contribution in [3.05, 3.63) is 100 Å². The maximum atomic E-state index is 15.6. The fraction of sp³-hybridized carbons (Fsp3) is 0.276. The molecule has 0 amide bonds. The van der Waals surface area contributed by atoms with E-state index in [9.17, 15) is 26.4 Å². The van der Waals surface area contributed by atoms with Gasteiger partial charge in [-0.25, -0.2) is 9.18 Å². The zero-order valence-electron chi connectivity index (χ0n) is 21.2. The molecule has 11 heteroatoms. The van der Waals surface area contributed by atoms with Crippen LogP contribution in [-0.4, -0.2) is 31.0 Å². The first-order valence-corrected chi connectivity index (χ1v) is 14.0. The number of carboxylic acids is 1. The van der Waals surface area contributed by atoms with Gasteiger partial charge in [0.05, 0.1) is 6.04 Å². The molecule has 3 aromatic rings. The first-order chi connectivity index (χ1) is 18.8. The van der Waals surface area contributed by atoms with E-state index in [1.807, 2.05) is 36.1 Å². The van der Waals surface area contributed by atoms with Gasteiger partial charge in [-0.3, -0.25) is 0 Å². The van der Waals surface area contributed by atoms with Gasteiger partial charge in [-0.15, -0.1) is 0 Å². The monoisotopic (exact) mass is 575 g/mol. The van der Waals surface area contributed by atoms with Crippen LogP contribution >= 0.6 is 0 Å². The van der Waals surface area contributed by atoms with Gasteiger partial charge in [0.25, 0.3) is 0 Å². The van der Waals surface area contributed by atoms with E-state index in [2.05, 4.69) is 4.18 Å². The second kappa shape index (κ2) is 10.3. The second-order valence-electron chi connectivity index (χ2n) is 10.0. The largest absolute Gasteiger partial charge is 0.534 e. The van der Waals surface area contributed by atoms with Gasteiger partial charge in [0.1, 0.15) is 11.6 Å². The molecule has 2 aliphatic rings. The highest BCUT2D eigenvalue weighted by Gasteiger charge is 2.48. The summed E-state index contributed by atoms with van der Waals surface area (Å²) in [5.41, 5.74) is -1.83. The van der Waals surface area contributed by atoms with E-state index in [-0.39, 0.29) is 11.6 Å². The molecule has 0 spiro atoms. The van der Waals surface area contributed by atoms with Crippen molar-refractivity contribution in [2.24, 2.45) is 0 Å². The average molecular weight is 576 g/mol. The summed E-state index contributed by atoms with van der Waals surface area (Å²) < 4.78 is 81.9. The van der Waals surface area contributed by atoms with E-state index in [0.717, 1.165) is 30.7 Å². The highest BCUT2D eigenvalue weighted by Crippen LogP contribution is 2.45. The number of hydrogen-bond donors (Lipinski definition) is 1. The Hall–Kier alpha value is -3.86. The van der Waals surface area contributed by atoms with Crippen molar-refractivity contribution in [1.82, 2.24) is 0 Å². The molecule has 1 saturated carbocycles. The van der Waals surface area contributed by atoms with E-state index in [0.29, 0.717) is 29.0 Å². The summed E-state index contributed by atoms with van der Waals surface area (Å²) >= 11 is 0. The summed E-state index contributed by atoms with van der Waals surface area (Å²) in [6, 6.07) is 15.2. The Balaban J connectivity index is 1.59. The maximum Gasteiger partial charge on any atom is 0.534 e. The molecule has 5 rings (SSSR count). The topological polar surface area (TPSA) is 83.9 Å². The van der Waals surface area contributed by atoms with Crippen molar-refractivity contribution < 1.29 is 40.1 Å². The van der Waals surface area contributed by atoms with Crippen LogP contribution in [0.3, 0.4) is 0 Å². The quantitative estimate of drug-likeness (QED) is 0.149. The zero-order chi connectivity index (χ0) is 28.8. The SMILES string of the molecule is C[C@@H]1Cc2cc(OS(=O)(=O)C(F)(F)F)ccc2[C@@H](c2ccc(/C=C/C(=O)O)cc2F)N1c1ccc(C2CC2)cc1. The van der Waals surface area contributed by atoms with Crippen molar-refractivity contribution in [2.75, 3.05) is 4.90 Å². The lowest BCUT2D eigenvalue weighted by Crippen LogP contribution is -2.43. The first-order valence-electron chi connectivity index (χ1n) is 12.6. The highest BCUT2D eigenvalue weighted by molar-refractivity contribution is 7.88. The number of aliphatic carboxylic acids is 1. The summed E-state index contributed by atoms with van der Waals surface area (Å²) in [7, 11) is -5.86. The number of rotatable bonds is 7. The van der Waals surface area contributed by atoms with Crippen LogP contribution in [0, 0.1) is 5.82 Å². The van der Waals surface area contributed by atoms with Gasteiger partial charge in [-0.1, -0.05) is 30.3 Å². The van der Waals surface area contributed by atoms with Gasteiger partial charge in [-0.05, 0) is 90.8 Å². The minimum absolute atomic E-state index is 0.260. The number of carboxylic acid groups (broad SMARTS) is 1. The van der Waals surface area contributed by atoms with Gasteiger partial charge in [0, 0.05) is 23.4 Å². The van der Waals surface area contributed by atoms with Crippen molar-refractivity contribution in [1.29, 1.82) is 0 Å². The van der Waals surface area contributed by atoms with E-state index < -0.39 is 39.2 Å². The van der Waals surface area contributed by atoms with E-state index >= 15 is 4.39 Å². The van der Waals surface area contributed by atoms with Gasteiger partial charge in [-0.2, -0.15) is 21.6 Å². The molecule has 1 aliphatic heterocycles. The Bertz CT molecular complexity index is 1580. The molecule has 0 aromatic heterocycles. The standard InChI is InChI=1S/C29H25F4NO5S/c1-17-14-21-16-23(39-40(37,38)29(31,32)33)10-12-24(21)28(25-11-2-18(15-26(25)30)3-13-27(35)36)34(17)22-8-6-20(7-9-22)19-4-5-19/h2-3,6-13,15-17,19,28H,4-5,14H2,1H3,(H,35,36)/b13-3+/t17-,28+/m1/s1. The number of alkyl halides is 3. The first kappa shape index (κ1) is 27.7. The summed E-state index contributed by atoms with van der Waals surface area (Å²) in [5, 5.41) is 8.90. The molecule has 1 aliphatic carbocycles. The molecule has 0 bridgehead atoms. The Morgan fingerprint density at radius 3 is 2.30 bits per heavy atom. The van der Waals surface area contributed by atoms with Crippen LogP contribution in [0.1, 0.15) is 59.5 Å². The van der Waals surface area contributed by atoms with Crippen LogP contribution in [-0.2, 0) is 21.3 Å². The van der Waals surface area contributed by atoms with E-state index in [1.54, 1.807) is 12.1 Å². The van der Waals surface area contributed by atoms with Gasteiger partial charge in [0.2, 0.25) is 0 Å². The summed E-state index contributed by atoms with van der Waals surface area (Å²) in [5.74, 6) is -1.72. The Morgan fingerprint density at radius 1 is 1.02 bits per heavy atom. The van der Waals surface area contributed by atoms with Crippen LogP contribution in [0.4, 0.5) is 23.2 Å². The van der Waals surface area contributed by atoms with Gasteiger partial charge in [0.15, 0.2) is 0 Å². The second-order valence-corrected chi connectivity index (χ2v) is 11.6. The molecule has 0 unspecified atom stereocenters. The Morgan fingerprint density at radius 2 is 1.70 bits per heavy atom. The van der Waals surface area contributed by atoms with Crippen LogP contribution in [0.25, 0.3) is 6.08 Å². The van der Waals surface area contributed by atoms with Crippen molar-refractivity contribution >= 4 is 27.9 Å². The van der Waals surface area contributed by atoms with Gasteiger partial charge < -0.3 is 14.2 Å². The Kier molecular flexibility index (Phi) is 7.11. The highest BCUT2D eigenvalue weighted by atomic mass is 32.2. The summed E-state index contributed by atoms with van der Waals surface area (Å²) in [6.45, 7) is 1.90. The molecule has 2 atom stereocenters. The van der Waals surface area contributed by atoms with Gasteiger partial charge >= 0.3 is 21.6 Å². The number of carbonyl (C=O) groups is 1. The van der Waals surface area contributed by atoms with Crippen LogP contribution in [0.2, 0.25) is 0 Å². The normalized spacial score (nSPS) is 19.5. The minimum atomic E-state index is -5.86. The fourth-order valence-electron chi connectivity index (χ4n) is 5.16. The third-order valence-electron chi connectivity index (χ3n) is 7.14. The van der Waals surface area contributed by atoms with E-state index in [4.69, 9.17) is 5.11 Å². The molecular formula is C29H25F4NO5S. The molecule has 210 valence electrons. The van der Waals surface area contributed by atoms with Crippen molar-refractivity contribution in [3.63, 3.8) is 0 Å². The maximum absolute atomic E-state index is 15.6. The van der Waals surface area contributed by atoms with Crippen LogP contribution in [0.5, 0.6) is 5.75 Å². The number of benzene rings is 3. The lowest BCUT2D eigenvalue weighted by atomic mass is 9.84. The molecule has 40 heavy (non-hydrogen) atoms. The van der Waals surface area contributed by atoms with Crippen molar-refractivity contribution in [3.8, 4) is 5.75 Å². The molecule has 0 saturated heterocycles. The van der Waals surface area contributed by atoms with E-state index in [1.165, 1.54) is 29.8 Å². The molecule has 1 N–H and O–H groups in total. The predicted molar refractivity (Wildman–Crippen MR) is 141 cm³/mol. The fourth-order valence-corrected chi connectivity index (χ4v) is 5.62. The molecule has 0 radical (unpaired) electrons. The molecule has 6 nitrogen and oxygen atoms in total. The molecule has 1 heterocycles. The molecule has 3 aromatic carbocycles. The van der Waals surface area contributed by atoms with Crippen LogP contribution < -0.4 is 9.08 Å². The number of anilines is 1. The number of fused-ring (bicyclic) bond motifs is 1. The smallest absolute Gasteiger partial charge is 0.478 e. The van der Waals surface area contributed by atoms with Crippen LogP contribution in [0.15, 0.2) is 66.7 Å². The lowest BCUT2D eigenvalue weighted by molar-refractivity contribution is -0.131. The van der Waals surface area contributed by atoms with Crippen molar-refractivity contribution in [2.45, 2.75) is 49.7 Å². The Labute approximate surface area is 228 Å². The predicted octanol–water partition coefficient (Wildman–Crippen LogP) is 6.57. The number of halogens is 4. The molecule has 1 fully saturated rings. The third-order valence-corrected chi connectivity index (χ3v) is 8.12. The minimum Gasteiger partial charge on any atom is -0.478 e. The number of hydrogen-bond acceptors (Lipinski definition) is 5. The zero-order valence-corrected chi connectivity index (χ0v) is 22.0. The summed E-state index contributed by atoms with van der Waals surface area (Å²) in [4.78, 5) is 12.9. The third kappa shape index (κ3) is 5.56. The summed E-state index contributed by atoms with van der Waals surface area (Å²) in [6.07, 6.45) is 4.78. The lowest BCUT2D eigenvalue weighted by Gasteiger charge is -2.44.